The Hall–Kier alpha value is -0.560. The Kier molecular flexibility index (Phi) is 5.00. The van der Waals surface area contributed by atoms with Gasteiger partial charge >= 0.3 is 12.1 Å². The summed E-state index contributed by atoms with van der Waals surface area (Å²) in [6.07, 6.45) is -4.55. The van der Waals surface area contributed by atoms with Gasteiger partial charge in [-0.3, -0.25) is 4.79 Å². The molecule has 1 aromatic rings. The van der Waals surface area contributed by atoms with Crippen molar-refractivity contribution in [2.75, 3.05) is 5.33 Å². The Labute approximate surface area is 112 Å². The number of rotatable bonds is 3. The number of hydrogen-bond donors (Lipinski definition) is 0. The lowest BCUT2D eigenvalue weighted by Crippen LogP contribution is -2.23. The van der Waals surface area contributed by atoms with E-state index in [0.29, 0.717) is 0 Å². The summed E-state index contributed by atoms with van der Waals surface area (Å²) < 4.78 is 42.4. The van der Waals surface area contributed by atoms with E-state index in [-0.39, 0.29) is 5.33 Å². The summed E-state index contributed by atoms with van der Waals surface area (Å²) in [6, 6.07) is 4.57. The zero-order valence-corrected chi connectivity index (χ0v) is 11.5. The highest BCUT2D eigenvalue weighted by Crippen LogP contribution is 2.36. The third-order valence-corrected chi connectivity index (χ3v) is 4.01. The third-order valence-electron chi connectivity index (χ3n) is 1.79. The number of esters is 1. The van der Waals surface area contributed by atoms with Crippen LogP contribution in [0.15, 0.2) is 24.3 Å². The summed E-state index contributed by atoms with van der Waals surface area (Å²) in [6.45, 7) is 0. The monoisotopic (exact) mass is 374 g/mol. The number of hydrogen-bond acceptors (Lipinski definition) is 2. The molecule has 0 aliphatic carbocycles. The molecule has 7 heteroatoms. The van der Waals surface area contributed by atoms with Gasteiger partial charge in [0.15, 0.2) is 0 Å². The van der Waals surface area contributed by atoms with Crippen molar-refractivity contribution < 1.29 is 22.7 Å². The van der Waals surface area contributed by atoms with Crippen LogP contribution >= 0.6 is 31.9 Å². The smallest absolute Gasteiger partial charge is 0.419 e. The molecule has 0 aliphatic heterocycles. The molecule has 1 atom stereocenters. The minimum Gasteiger partial charge on any atom is -0.425 e. The van der Waals surface area contributed by atoms with Gasteiger partial charge in [-0.15, -0.1) is 0 Å². The summed E-state index contributed by atoms with van der Waals surface area (Å²) in [5.74, 6) is -1.27. The van der Waals surface area contributed by atoms with Crippen LogP contribution in [0.2, 0.25) is 0 Å². The Balaban J connectivity index is 2.96. The molecule has 94 valence electrons. The summed E-state index contributed by atoms with van der Waals surface area (Å²) in [4.78, 5) is 10.7. The maximum absolute atomic E-state index is 12.6. The van der Waals surface area contributed by atoms with E-state index in [1.54, 1.807) is 0 Å². The third kappa shape index (κ3) is 3.99. The normalized spacial score (nSPS) is 13.2. The van der Waals surface area contributed by atoms with Crippen molar-refractivity contribution in [2.24, 2.45) is 0 Å². The van der Waals surface area contributed by atoms with Gasteiger partial charge in [-0.2, -0.15) is 13.2 Å². The molecule has 0 saturated heterocycles. The number of halogens is 5. The lowest BCUT2D eigenvalue weighted by atomic mass is 10.2. The number of ether oxygens (including phenoxy) is 1. The van der Waals surface area contributed by atoms with Gasteiger partial charge in [-0.1, -0.05) is 44.0 Å². The van der Waals surface area contributed by atoms with Crippen molar-refractivity contribution >= 4 is 37.8 Å². The van der Waals surface area contributed by atoms with Crippen molar-refractivity contribution in [1.82, 2.24) is 0 Å². The molecule has 0 aromatic heterocycles. The summed E-state index contributed by atoms with van der Waals surface area (Å²) in [7, 11) is 0. The Morgan fingerprint density at radius 1 is 1.35 bits per heavy atom. The van der Waals surface area contributed by atoms with Crippen LogP contribution in [0.25, 0.3) is 0 Å². The second-order valence-corrected chi connectivity index (χ2v) is 4.79. The zero-order chi connectivity index (χ0) is 13.1. The first-order chi connectivity index (χ1) is 7.86. The van der Waals surface area contributed by atoms with E-state index in [9.17, 15) is 18.0 Å². The van der Waals surface area contributed by atoms with E-state index in [1.165, 1.54) is 12.1 Å². The number of carbonyl (C=O) groups excluding carboxylic acids is 1. The summed E-state index contributed by atoms with van der Waals surface area (Å²) >= 11 is 5.99. The van der Waals surface area contributed by atoms with Gasteiger partial charge in [0.1, 0.15) is 10.6 Å². The molecule has 0 fully saturated rings. The van der Waals surface area contributed by atoms with Gasteiger partial charge in [0.05, 0.1) is 5.56 Å². The van der Waals surface area contributed by atoms with Gasteiger partial charge in [-0.05, 0) is 12.1 Å². The van der Waals surface area contributed by atoms with Gasteiger partial charge in [0.25, 0.3) is 0 Å². The van der Waals surface area contributed by atoms with E-state index < -0.39 is 28.3 Å². The van der Waals surface area contributed by atoms with Crippen LogP contribution in [-0.2, 0) is 11.0 Å². The van der Waals surface area contributed by atoms with E-state index in [2.05, 4.69) is 36.6 Å². The number of benzene rings is 1. The lowest BCUT2D eigenvalue weighted by Gasteiger charge is -2.13. The lowest BCUT2D eigenvalue weighted by molar-refractivity contribution is -0.142. The van der Waals surface area contributed by atoms with Crippen LogP contribution in [0.1, 0.15) is 5.56 Å². The van der Waals surface area contributed by atoms with Crippen LogP contribution in [0.3, 0.4) is 0 Å². The zero-order valence-electron chi connectivity index (χ0n) is 8.30. The first-order valence-corrected chi connectivity index (χ1v) is 6.48. The fraction of sp³-hybridized carbons (Fsp3) is 0.300. The van der Waals surface area contributed by atoms with Crippen molar-refractivity contribution in [1.29, 1.82) is 0 Å². The van der Waals surface area contributed by atoms with Gasteiger partial charge in [-0.25, -0.2) is 0 Å². The predicted octanol–water partition coefficient (Wildman–Crippen LogP) is 3.77. The van der Waals surface area contributed by atoms with Crippen LogP contribution in [0.5, 0.6) is 5.75 Å². The summed E-state index contributed by atoms with van der Waals surface area (Å²) in [5.41, 5.74) is -0.970. The maximum Gasteiger partial charge on any atom is 0.419 e. The fourth-order valence-electron chi connectivity index (χ4n) is 1.03. The Morgan fingerprint density at radius 3 is 2.47 bits per heavy atom. The van der Waals surface area contributed by atoms with E-state index in [0.717, 1.165) is 12.1 Å². The number of para-hydroxylation sites is 1. The number of carbonyl (C=O) groups is 1. The van der Waals surface area contributed by atoms with Crippen molar-refractivity contribution in [3.8, 4) is 5.75 Å². The molecular weight excluding hydrogens is 369 g/mol. The minimum atomic E-state index is -4.55. The Morgan fingerprint density at radius 2 is 1.94 bits per heavy atom. The first kappa shape index (κ1) is 14.5. The van der Waals surface area contributed by atoms with E-state index in [1.807, 2.05) is 0 Å². The van der Waals surface area contributed by atoms with Crippen LogP contribution in [0, 0.1) is 0 Å². The highest BCUT2D eigenvalue weighted by atomic mass is 79.9. The second-order valence-electron chi connectivity index (χ2n) is 3.04. The predicted molar refractivity (Wildman–Crippen MR) is 63.6 cm³/mol. The number of alkyl halides is 5. The molecule has 0 bridgehead atoms. The molecule has 0 spiro atoms. The largest absolute Gasteiger partial charge is 0.425 e. The molecule has 0 saturated carbocycles. The van der Waals surface area contributed by atoms with Crippen LogP contribution in [-0.4, -0.2) is 16.1 Å². The van der Waals surface area contributed by atoms with Crippen LogP contribution in [0.4, 0.5) is 13.2 Å². The molecule has 0 aliphatic rings. The molecule has 17 heavy (non-hydrogen) atoms. The molecule has 0 amide bonds. The summed E-state index contributed by atoms with van der Waals surface area (Å²) in [5, 5.41) is 0.250. The molecule has 1 unspecified atom stereocenters. The molecular formula is C10H7Br2F3O2. The average molecular weight is 376 g/mol. The second kappa shape index (κ2) is 5.86. The quantitative estimate of drug-likeness (QED) is 0.456. The highest BCUT2D eigenvalue weighted by Gasteiger charge is 2.35. The van der Waals surface area contributed by atoms with Crippen molar-refractivity contribution in [3.63, 3.8) is 0 Å². The molecule has 0 heterocycles. The van der Waals surface area contributed by atoms with E-state index >= 15 is 0 Å². The maximum atomic E-state index is 12.6. The molecule has 1 rings (SSSR count). The topological polar surface area (TPSA) is 26.3 Å². The SMILES string of the molecule is O=C(Oc1ccccc1C(F)(F)F)C(Br)CBr. The van der Waals surface area contributed by atoms with Crippen molar-refractivity contribution in [2.45, 2.75) is 11.0 Å². The van der Waals surface area contributed by atoms with Crippen LogP contribution < -0.4 is 4.74 Å². The van der Waals surface area contributed by atoms with Gasteiger partial charge < -0.3 is 4.74 Å². The first-order valence-electron chi connectivity index (χ1n) is 4.44. The standard InChI is InChI=1S/C10H7Br2F3O2/c11-5-7(12)9(16)17-8-4-2-1-3-6(8)10(13,14)15/h1-4,7H,5H2. The van der Waals surface area contributed by atoms with E-state index in [4.69, 9.17) is 0 Å². The average Bonchev–Trinajstić information content (AvgIpc) is 2.27. The molecule has 0 radical (unpaired) electrons. The van der Waals surface area contributed by atoms with Gasteiger partial charge in [0, 0.05) is 5.33 Å². The highest BCUT2D eigenvalue weighted by molar-refractivity contribution is 9.12. The minimum absolute atomic E-state index is 0.250. The Bertz CT molecular complexity index is 407. The fourth-order valence-corrected chi connectivity index (χ4v) is 1.38. The van der Waals surface area contributed by atoms with Crippen molar-refractivity contribution in [3.05, 3.63) is 29.8 Å². The molecule has 1 aromatic carbocycles. The molecule has 2 nitrogen and oxygen atoms in total. The van der Waals surface area contributed by atoms with Gasteiger partial charge in [0.2, 0.25) is 0 Å². The molecule has 0 N–H and O–H groups in total.